The van der Waals surface area contributed by atoms with Gasteiger partial charge >= 0.3 is 12.1 Å². The lowest BCUT2D eigenvalue weighted by Gasteiger charge is -2.16. The van der Waals surface area contributed by atoms with Gasteiger partial charge in [-0.2, -0.15) is 13.2 Å². The molecule has 22 heavy (non-hydrogen) atoms. The third kappa shape index (κ3) is 3.71. The lowest BCUT2D eigenvalue weighted by molar-refractivity contribution is -0.210. The maximum Gasteiger partial charge on any atom is 0.417 e. The molecular formula is C15H10ClF3O3. The molecule has 0 saturated carbocycles. The molecule has 0 unspecified atom stereocenters. The van der Waals surface area contributed by atoms with Crippen LogP contribution in [0, 0.1) is 0 Å². The van der Waals surface area contributed by atoms with Crippen LogP contribution < -0.4 is 4.89 Å². The summed E-state index contributed by atoms with van der Waals surface area (Å²) in [5.74, 6) is -0.994. The standard InChI is InChI=1S/C15H10ClF3O3/c1-9(20)21-22-13-4-2-3-12(15(17,18)19)14(13)10-5-7-11(16)8-6-10/h2-8H,1H3. The molecule has 0 aromatic heterocycles. The number of halogens is 4. The van der Waals surface area contributed by atoms with Crippen LogP contribution in [0.4, 0.5) is 13.2 Å². The topological polar surface area (TPSA) is 35.5 Å². The molecule has 0 saturated heterocycles. The van der Waals surface area contributed by atoms with Gasteiger partial charge in [0.1, 0.15) is 0 Å². The summed E-state index contributed by atoms with van der Waals surface area (Å²) < 4.78 is 39.6. The summed E-state index contributed by atoms with van der Waals surface area (Å²) in [6, 6.07) is 9.13. The Morgan fingerprint density at radius 2 is 1.73 bits per heavy atom. The highest BCUT2D eigenvalue weighted by atomic mass is 35.5. The molecule has 116 valence electrons. The lowest BCUT2D eigenvalue weighted by atomic mass is 9.98. The molecule has 0 radical (unpaired) electrons. The van der Waals surface area contributed by atoms with Gasteiger partial charge in [-0.05, 0) is 29.8 Å². The minimum absolute atomic E-state index is 0.215. The molecule has 0 heterocycles. The van der Waals surface area contributed by atoms with Crippen molar-refractivity contribution >= 4 is 17.6 Å². The predicted octanol–water partition coefficient (Wildman–Crippen LogP) is 4.88. The summed E-state index contributed by atoms with van der Waals surface area (Å²) >= 11 is 5.75. The Labute approximate surface area is 129 Å². The van der Waals surface area contributed by atoms with E-state index < -0.39 is 17.7 Å². The summed E-state index contributed by atoms with van der Waals surface area (Å²) in [6.45, 7) is 1.08. The van der Waals surface area contributed by atoms with Crippen LogP contribution in [0.1, 0.15) is 12.5 Å². The Balaban J connectivity index is 2.59. The van der Waals surface area contributed by atoms with E-state index in [2.05, 4.69) is 4.89 Å². The van der Waals surface area contributed by atoms with Gasteiger partial charge in [0.25, 0.3) is 0 Å². The zero-order valence-electron chi connectivity index (χ0n) is 11.3. The number of rotatable bonds is 3. The number of alkyl halides is 3. The SMILES string of the molecule is CC(=O)OOc1cccc(C(F)(F)F)c1-c1ccc(Cl)cc1. The molecule has 2 aromatic carbocycles. The maximum absolute atomic E-state index is 13.2. The van der Waals surface area contributed by atoms with Gasteiger partial charge in [0.15, 0.2) is 5.75 Å². The average Bonchev–Trinajstić information content (AvgIpc) is 2.44. The van der Waals surface area contributed by atoms with Crippen molar-refractivity contribution in [1.29, 1.82) is 0 Å². The largest absolute Gasteiger partial charge is 0.417 e. The van der Waals surface area contributed by atoms with Crippen LogP contribution >= 0.6 is 11.6 Å². The Morgan fingerprint density at radius 3 is 2.27 bits per heavy atom. The zero-order valence-corrected chi connectivity index (χ0v) is 12.0. The fourth-order valence-corrected chi connectivity index (χ4v) is 1.98. The van der Waals surface area contributed by atoms with Crippen LogP contribution in [0.2, 0.25) is 5.02 Å². The van der Waals surface area contributed by atoms with Gasteiger partial charge in [-0.3, -0.25) is 9.78 Å². The molecular weight excluding hydrogens is 321 g/mol. The van der Waals surface area contributed by atoms with Crippen molar-refractivity contribution in [3.05, 3.63) is 53.1 Å². The molecule has 0 N–H and O–H groups in total. The van der Waals surface area contributed by atoms with Crippen molar-refractivity contribution in [3.63, 3.8) is 0 Å². The van der Waals surface area contributed by atoms with E-state index in [9.17, 15) is 18.0 Å². The third-order valence-electron chi connectivity index (χ3n) is 2.71. The van der Waals surface area contributed by atoms with E-state index in [4.69, 9.17) is 16.5 Å². The van der Waals surface area contributed by atoms with Crippen molar-refractivity contribution in [2.24, 2.45) is 0 Å². The molecule has 2 rings (SSSR count). The molecule has 0 spiro atoms. The third-order valence-corrected chi connectivity index (χ3v) is 2.97. The van der Waals surface area contributed by atoms with E-state index in [0.717, 1.165) is 13.0 Å². The molecule has 0 atom stereocenters. The second-order valence-corrected chi connectivity index (χ2v) is 4.78. The van der Waals surface area contributed by atoms with Crippen molar-refractivity contribution in [2.75, 3.05) is 0 Å². The van der Waals surface area contributed by atoms with E-state index in [-0.39, 0.29) is 16.9 Å². The van der Waals surface area contributed by atoms with Crippen molar-refractivity contribution in [2.45, 2.75) is 13.1 Å². The average molecular weight is 331 g/mol. The molecule has 0 aliphatic heterocycles. The molecule has 0 aliphatic rings. The quantitative estimate of drug-likeness (QED) is 0.594. The molecule has 0 aliphatic carbocycles. The molecule has 0 bridgehead atoms. The second kappa shape index (κ2) is 6.27. The Morgan fingerprint density at radius 1 is 1.09 bits per heavy atom. The number of carbonyl (C=O) groups excluding carboxylic acids is 1. The number of hydrogen-bond acceptors (Lipinski definition) is 3. The molecule has 2 aromatic rings. The Kier molecular flexibility index (Phi) is 4.61. The second-order valence-electron chi connectivity index (χ2n) is 4.34. The summed E-state index contributed by atoms with van der Waals surface area (Å²) in [5.41, 5.74) is -0.896. The lowest BCUT2D eigenvalue weighted by Crippen LogP contribution is -2.10. The molecule has 7 heteroatoms. The van der Waals surface area contributed by atoms with Gasteiger partial charge in [-0.1, -0.05) is 29.8 Å². The summed E-state index contributed by atoms with van der Waals surface area (Å²) in [6.07, 6.45) is -4.59. The highest BCUT2D eigenvalue weighted by Crippen LogP contribution is 2.42. The van der Waals surface area contributed by atoms with Gasteiger partial charge in [0.05, 0.1) is 5.56 Å². The number of hydrogen-bond donors (Lipinski definition) is 0. The van der Waals surface area contributed by atoms with Gasteiger partial charge in [-0.25, -0.2) is 4.79 Å². The minimum atomic E-state index is -4.59. The van der Waals surface area contributed by atoms with Crippen molar-refractivity contribution < 1.29 is 27.7 Å². The minimum Gasteiger partial charge on any atom is -0.286 e. The van der Waals surface area contributed by atoms with E-state index in [1.165, 1.54) is 36.4 Å². The van der Waals surface area contributed by atoms with Crippen LogP contribution in [0.25, 0.3) is 11.1 Å². The number of carbonyl (C=O) groups is 1. The van der Waals surface area contributed by atoms with Gasteiger partial charge in [-0.15, -0.1) is 0 Å². The predicted molar refractivity (Wildman–Crippen MR) is 74.3 cm³/mol. The van der Waals surface area contributed by atoms with Crippen LogP contribution in [-0.2, 0) is 15.9 Å². The molecule has 0 fully saturated rings. The van der Waals surface area contributed by atoms with E-state index in [1.807, 2.05) is 0 Å². The van der Waals surface area contributed by atoms with Crippen molar-refractivity contribution in [1.82, 2.24) is 0 Å². The highest BCUT2D eigenvalue weighted by molar-refractivity contribution is 6.30. The number of benzene rings is 2. The zero-order chi connectivity index (χ0) is 16.3. The summed E-state index contributed by atoms with van der Waals surface area (Å²) in [4.78, 5) is 19.9. The summed E-state index contributed by atoms with van der Waals surface area (Å²) in [7, 11) is 0. The molecule has 0 amide bonds. The van der Waals surface area contributed by atoms with Crippen LogP contribution in [-0.4, -0.2) is 5.97 Å². The van der Waals surface area contributed by atoms with Gasteiger partial charge in [0, 0.05) is 17.5 Å². The van der Waals surface area contributed by atoms with E-state index >= 15 is 0 Å². The maximum atomic E-state index is 13.2. The van der Waals surface area contributed by atoms with Gasteiger partial charge < -0.3 is 0 Å². The van der Waals surface area contributed by atoms with E-state index in [1.54, 1.807) is 0 Å². The van der Waals surface area contributed by atoms with Crippen LogP contribution in [0.15, 0.2) is 42.5 Å². The Bertz CT molecular complexity index is 681. The fourth-order valence-electron chi connectivity index (χ4n) is 1.85. The van der Waals surface area contributed by atoms with Gasteiger partial charge in [0.2, 0.25) is 0 Å². The first-order valence-corrected chi connectivity index (χ1v) is 6.48. The first-order valence-electron chi connectivity index (χ1n) is 6.10. The normalized spacial score (nSPS) is 11.1. The first kappa shape index (κ1) is 16.2. The highest BCUT2D eigenvalue weighted by Gasteiger charge is 2.35. The van der Waals surface area contributed by atoms with Crippen LogP contribution in [0.3, 0.4) is 0 Å². The Hall–Kier alpha value is -2.21. The van der Waals surface area contributed by atoms with Crippen LogP contribution in [0.5, 0.6) is 5.75 Å². The molecule has 3 nitrogen and oxygen atoms in total. The monoisotopic (exact) mass is 330 g/mol. The van der Waals surface area contributed by atoms with E-state index in [0.29, 0.717) is 5.02 Å². The first-order chi connectivity index (χ1) is 10.3. The summed E-state index contributed by atoms with van der Waals surface area (Å²) in [5, 5.41) is 0.385. The van der Waals surface area contributed by atoms with Crippen molar-refractivity contribution in [3.8, 4) is 16.9 Å². The fraction of sp³-hybridized carbons (Fsp3) is 0.133. The smallest absolute Gasteiger partial charge is 0.286 e.